The lowest BCUT2D eigenvalue weighted by molar-refractivity contribution is 0.597. The first kappa shape index (κ1) is 15.6. The van der Waals surface area contributed by atoms with Crippen LogP contribution in [0.2, 0.25) is 10.0 Å². The van der Waals surface area contributed by atoms with E-state index in [1.54, 1.807) is 17.8 Å². The number of thioether (sulfide) groups is 1. The van der Waals surface area contributed by atoms with Gasteiger partial charge in [-0.05, 0) is 42.3 Å². The van der Waals surface area contributed by atoms with Gasteiger partial charge in [-0.1, -0.05) is 35.3 Å². The lowest BCUT2D eigenvalue weighted by Crippen LogP contribution is -2.26. The molecule has 0 aliphatic heterocycles. The van der Waals surface area contributed by atoms with Crippen LogP contribution in [0.3, 0.4) is 0 Å². The number of halogens is 3. The third kappa shape index (κ3) is 4.38. The SMILES string of the molecule is NC(CSc1ccccc1Cl)Cc1cc(Cl)ccc1F. The van der Waals surface area contributed by atoms with Crippen molar-refractivity contribution < 1.29 is 4.39 Å². The van der Waals surface area contributed by atoms with Gasteiger partial charge in [-0.2, -0.15) is 0 Å². The Hall–Kier alpha value is -0.740. The highest BCUT2D eigenvalue weighted by molar-refractivity contribution is 7.99. The van der Waals surface area contributed by atoms with Crippen LogP contribution in [0.25, 0.3) is 0 Å². The molecular formula is C15H14Cl2FNS. The van der Waals surface area contributed by atoms with Crippen LogP contribution >= 0.6 is 35.0 Å². The average Bonchev–Trinajstić information content (AvgIpc) is 2.42. The molecule has 0 bridgehead atoms. The maximum absolute atomic E-state index is 13.6. The van der Waals surface area contributed by atoms with Gasteiger partial charge in [0, 0.05) is 21.7 Å². The molecule has 1 unspecified atom stereocenters. The summed E-state index contributed by atoms with van der Waals surface area (Å²) in [6.45, 7) is 0. The molecule has 5 heteroatoms. The Balaban J connectivity index is 1.94. The van der Waals surface area contributed by atoms with Crippen LogP contribution in [-0.2, 0) is 6.42 Å². The third-order valence-electron chi connectivity index (χ3n) is 2.78. The van der Waals surface area contributed by atoms with E-state index in [4.69, 9.17) is 28.9 Å². The minimum absolute atomic E-state index is 0.163. The van der Waals surface area contributed by atoms with Gasteiger partial charge in [0.1, 0.15) is 5.82 Å². The van der Waals surface area contributed by atoms with Crippen molar-refractivity contribution in [3.63, 3.8) is 0 Å². The predicted molar refractivity (Wildman–Crippen MR) is 85.3 cm³/mol. The lowest BCUT2D eigenvalue weighted by Gasteiger charge is -2.12. The number of hydrogen-bond donors (Lipinski definition) is 1. The summed E-state index contributed by atoms with van der Waals surface area (Å²) < 4.78 is 13.6. The predicted octanol–water partition coefficient (Wildman–Crippen LogP) is 4.79. The smallest absolute Gasteiger partial charge is 0.126 e. The normalized spacial score (nSPS) is 12.4. The fourth-order valence-electron chi connectivity index (χ4n) is 1.80. The summed E-state index contributed by atoms with van der Waals surface area (Å²) in [5.74, 6) is 0.392. The number of benzene rings is 2. The first-order chi connectivity index (χ1) is 9.56. The van der Waals surface area contributed by atoms with Gasteiger partial charge in [-0.25, -0.2) is 4.39 Å². The molecule has 2 rings (SSSR count). The molecule has 0 fully saturated rings. The van der Waals surface area contributed by atoms with E-state index >= 15 is 0 Å². The second-order valence-electron chi connectivity index (χ2n) is 4.44. The van der Waals surface area contributed by atoms with Crippen LogP contribution in [0.5, 0.6) is 0 Å². The van der Waals surface area contributed by atoms with Gasteiger partial charge >= 0.3 is 0 Å². The molecule has 2 N–H and O–H groups in total. The molecule has 0 spiro atoms. The van der Waals surface area contributed by atoms with Crippen LogP contribution < -0.4 is 5.73 Å². The summed E-state index contributed by atoms with van der Waals surface area (Å²) in [6.07, 6.45) is 0.448. The van der Waals surface area contributed by atoms with E-state index in [1.165, 1.54) is 12.1 Å². The Bertz CT molecular complexity index is 592. The molecule has 2 aromatic carbocycles. The van der Waals surface area contributed by atoms with Crippen LogP contribution in [0, 0.1) is 5.82 Å². The topological polar surface area (TPSA) is 26.0 Å². The first-order valence-corrected chi connectivity index (χ1v) is 7.87. The summed E-state index contributed by atoms with van der Waals surface area (Å²) in [6, 6.07) is 12.0. The molecule has 20 heavy (non-hydrogen) atoms. The highest BCUT2D eigenvalue weighted by Gasteiger charge is 2.10. The standard InChI is InChI=1S/C15H14Cl2FNS/c16-11-5-6-14(18)10(7-11)8-12(19)9-20-15-4-2-1-3-13(15)17/h1-7,12H,8-9,19H2. The van der Waals surface area contributed by atoms with E-state index in [1.807, 2.05) is 24.3 Å². The van der Waals surface area contributed by atoms with Gasteiger partial charge in [0.2, 0.25) is 0 Å². The molecule has 0 saturated heterocycles. The van der Waals surface area contributed by atoms with Crippen molar-refractivity contribution in [1.29, 1.82) is 0 Å². The third-order valence-corrected chi connectivity index (χ3v) is 4.72. The van der Waals surface area contributed by atoms with Gasteiger partial charge in [0.05, 0.1) is 5.02 Å². The molecule has 1 nitrogen and oxygen atoms in total. The van der Waals surface area contributed by atoms with Crippen molar-refractivity contribution in [2.24, 2.45) is 5.73 Å². The summed E-state index contributed by atoms with van der Waals surface area (Å²) in [7, 11) is 0. The fourth-order valence-corrected chi connectivity index (χ4v) is 3.19. The van der Waals surface area contributed by atoms with E-state index in [2.05, 4.69) is 0 Å². The Morgan fingerprint density at radius 1 is 1.15 bits per heavy atom. The van der Waals surface area contributed by atoms with Crippen LogP contribution in [0.1, 0.15) is 5.56 Å². The van der Waals surface area contributed by atoms with Gasteiger partial charge in [0.15, 0.2) is 0 Å². The molecule has 1 atom stereocenters. The molecule has 0 radical (unpaired) electrons. The number of nitrogens with two attached hydrogens (primary N) is 1. The second kappa shape index (κ2) is 7.32. The van der Waals surface area contributed by atoms with Gasteiger partial charge in [-0.15, -0.1) is 11.8 Å². The fraction of sp³-hybridized carbons (Fsp3) is 0.200. The molecule has 2 aromatic rings. The zero-order valence-corrected chi connectivity index (χ0v) is 13.0. The molecule has 0 aromatic heterocycles. The number of hydrogen-bond acceptors (Lipinski definition) is 2. The van der Waals surface area contributed by atoms with Crippen molar-refractivity contribution >= 4 is 35.0 Å². The van der Waals surface area contributed by atoms with E-state index in [9.17, 15) is 4.39 Å². The zero-order chi connectivity index (χ0) is 14.5. The highest BCUT2D eigenvalue weighted by atomic mass is 35.5. The molecule has 0 amide bonds. The van der Waals surface area contributed by atoms with Crippen molar-refractivity contribution in [1.82, 2.24) is 0 Å². The Morgan fingerprint density at radius 2 is 1.90 bits per heavy atom. The quantitative estimate of drug-likeness (QED) is 0.798. The van der Waals surface area contributed by atoms with Crippen LogP contribution in [-0.4, -0.2) is 11.8 Å². The Morgan fingerprint density at radius 3 is 2.65 bits per heavy atom. The lowest BCUT2D eigenvalue weighted by atomic mass is 10.1. The average molecular weight is 330 g/mol. The van der Waals surface area contributed by atoms with Gasteiger partial charge in [-0.3, -0.25) is 0 Å². The van der Waals surface area contributed by atoms with Crippen molar-refractivity contribution in [3.05, 3.63) is 63.9 Å². The second-order valence-corrected chi connectivity index (χ2v) is 6.35. The summed E-state index contributed by atoms with van der Waals surface area (Å²) in [5.41, 5.74) is 6.60. The van der Waals surface area contributed by atoms with Crippen LogP contribution in [0.4, 0.5) is 4.39 Å². The van der Waals surface area contributed by atoms with Gasteiger partial charge in [0.25, 0.3) is 0 Å². The molecule has 106 valence electrons. The summed E-state index contributed by atoms with van der Waals surface area (Å²) >= 11 is 13.5. The summed E-state index contributed by atoms with van der Waals surface area (Å²) in [4.78, 5) is 0.983. The van der Waals surface area contributed by atoms with E-state index < -0.39 is 0 Å². The van der Waals surface area contributed by atoms with E-state index in [0.29, 0.717) is 27.8 Å². The minimum atomic E-state index is -0.271. The van der Waals surface area contributed by atoms with Crippen molar-refractivity contribution in [2.75, 3.05) is 5.75 Å². The molecule has 0 saturated carbocycles. The highest BCUT2D eigenvalue weighted by Crippen LogP contribution is 2.27. The zero-order valence-electron chi connectivity index (χ0n) is 10.7. The Labute approximate surface area is 132 Å². The largest absolute Gasteiger partial charge is 0.327 e. The molecule has 0 aliphatic rings. The first-order valence-electron chi connectivity index (χ1n) is 6.13. The molecular weight excluding hydrogens is 316 g/mol. The van der Waals surface area contributed by atoms with Crippen LogP contribution in [0.15, 0.2) is 47.4 Å². The van der Waals surface area contributed by atoms with E-state index in [-0.39, 0.29) is 11.9 Å². The van der Waals surface area contributed by atoms with E-state index in [0.717, 1.165) is 4.90 Å². The Kier molecular flexibility index (Phi) is 5.73. The number of rotatable bonds is 5. The maximum Gasteiger partial charge on any atom is 0.126 e. The minimum Gasteiger partial charge on any atom is -0.327 e. The monoisotopic (exact) mass is 329 g/mol. The molecule has 0 heterocycles. The maximum atomic E-state index is 13.6. The van der Waals surface area contributed by atoms with Gasteiger partial charge < -0.3 is 5.73 Å². The summed E-state index contributed by atoms with van der Waals surface area (Å²) in [5, 5.41) is 1.23. The molecule has 0 aliphatic carbocycles. The van der Waals surface area contributed by atoms with Crippen molar-refractivity contribution in [2.45, 2.75) is 17.4 Å². The van der Waals surface area contributed by atoms with Crippen molar-refractivity contribution in [3.8, 4) is 0 Å².